The van der Waals surface area contributed by atoms with Gasteiger partial charge in [-0.15, -0.1) is 0 Å². The van der Waals surface area contributed by atoms with Crippen LogP contribution in [0.4, 0.5) is 5.69 Å². The molecule has 0 aliphatic rings. The van der Waals surface area contributed by atoms with Crippen molar-refractivity contribution in [3.05, 3.63) is 33.8 Å². The van der Waals surface area contributed by atoms with E-state index in [0.717, 1.165) is 4.47 Å². The zero-order valence-electron chi connectivity index (χ0n) is 10.8. The van der Waals surface area contributed by atoms with Crippen LogP contribution in [0.15, 0.2) is 33.8 Å². The molecule has 0 saturated heterocycles. The number of carbonyl (C=O) groups is 2. The molecule has 102 valence electrons. The molecule has 0 heterocycles. The molecule has 2 N–H and O–H groups in total. The predicted octanol–water partition coefficient (Wildman–Crippen LogP) is 2.82. The van der Waals surface area contributed by atoms with Crippen LogP contribution in [0.5, 0.6) is 5.75 Å². The van der Waals surface area contributed by atoms with Crippen LogP contribution in [0.25, 0.3) is 0 Å². The predicted molar refractivity (Wildman–Crippen MR) is 75.3 cm³/mol. The Labute approximate surface area is 119 Å². The van der Waals surface area contributed by atoms with Crippen molar-refractivity contribution in [3.8, 4) is 5.75 Å². The minimum absolute atomic E-state index is 0.00598. The topological polar surface area (TPSA) is 75.6 Å². The van der Waals surface area contributed by atoms with Crippen LogP contribution in [0.1, 0.15) is 13.8 Å². The standard InChI is InChI=1S/C13H14BrNO4/c1-7(8(2)13(17)18)12(16)15-10-6-9(14)4-5-11(10)19-3/h4-6H,1-3H3,(H,15,16)(H,17,18)/b8-7-. The average Bonchev–Trinajstić information content (AvgIpc) is 2.37. The lowest BCUT2D eigenvalue weighted by atomic mass is 10.1. The zero-order valence-corrected chi connectivity index (χ0v) is 12.4. The molecule has 19 heavy (non-hydrogen) atoms. The highest BCUT2D eigenvalue weighted by atomic mass is 79.9. The number of aliphatic carboxylic acids is 1. The van der Waals surface area contributed by atoms with Crippen LogP contribution in [-0.2, 0) is 9.59 Å². The number of hydrogen-bond donors (Lipinski definition) is 2. The lowest BCUT2D eigenvalue weighted by Crippen LogP contribution is -2.16. The lowest BCUT2D eigenvalue weighted by molar-refractivity contribution is -0.133. The number of anilines is 1. The molecule has 0 bridgehead atoms. The van der Waals surface area contributed by atoms with Crippen molar-refractivity contribution in [3.63, 3.8) is 0 Å². The molecule has 6 heteroatoms. The zero-order chi connectivity index (χ0) is 14.6. The van der Waals surface area contributed by atoms with Crippen molar-refractivity contribution < 1.29 is 19.4 Å². The Morgan fingerprint density at radius 1 is 1.26 bits per heavy atom. The number of amides is 1. The van der Waals surface area contributed by atoms with Crippen molar-refractivity contribution in [2.75, 3.05) is 12.4 Å². The van der Waals surface area contributed by atoms with E-state index in [4.69, 9.17) is 9.84 Å². The van der Waals surface area contributed by atoms with E-state index in [1.54, 1.807) is 18.2 Å². The quantitative estimate of drug-likeness (QED) is 0.834. The molecule has 0 fully saturated rings. The number of carbonyl (C=O) groups excluding carboxylic acids is 1. The first-order valence-electron chi connectivity index (χ1n) is 5.42. The highest BCUT2D eigenvalue weighted by molar-refractivity contribution is 9.10. The molecule has 1 rings (SSSR count). The molecule has 0 aliphatic carbocycles. The van der Waals surface area contributed by atoms with Gasteiger partial charge < -0.3 is 15.2 Å². The molecule has 0 aliphatic heterocycles. The van der Waals surface area contributed by atoms with Gasteiger partial charge in [0.05, 0.1) is 12.8 Å². The molecule has 0 unspecified atom stereocenters. The van der Waals surface area contributed by atoms with Crippen LogP contribution < -0.4 is 10.1 Å². The van der Waals surface area contributed by atoms with Crippen molar-refractivity contribution in [1.29, 1.82) is 0 Å². The van der Waals surface area contributed by atoms with Gasteiger partial charge in [0.1, 0.15) is 5.75 Å². The Kier molecular flexibility index (Phi) is 5.11. The number of nitrogens with one attached hydrogen (secondary N) is 1. The fourth-order valence-electron chi connectivity index (χ4n) is 1.32. The summed E-state index contributed by atoms with van der Waals surface area (Å²) in [5.74, 6) is -1.09. The fourth-order valence-corrected chi connectivity index (χ4v) is 1.69. The summed E-state index contributed by atoms with van der Waals surface area (Å²) in [4.78, 5) is 22.7. The summed E-state index contributed by atoms with van der Waals surface area (Å²) in [6.07, 6.45) is 0. The second-order valence-corrected chi connectivity index (χ2v) is 4.77. The largest absolute Gasteiger partial charge is 0.495 e. The second kappa shape index (κ2) is 6.38. The summed E-state index contributed by atoms with van der Waals surface area (Å²) in [5, 5.41) is 11.5. The summed E-state index contributed by atoms with van der Waals surface area (Å²) in [6.45, 7) is 2.85. The SMILES string of the molecule is COc1ccc(Br)cc1NC(=O)/C(C)=C(/C)C(=O)O. The number of ether oxygens (including phenoxy) is 1. The van der Waals surface area contributed by atoms with Gasteiger partial charge in [-0.3, -0.25) is 4.79 Å². The highest BCUT2D eigenvalue weighted by Crippen LogP contribution is 2.28. The van der Waals surface area contributed by atoms with Gasteiger partial charge in [-0.2, -0.15) is 0 Å². The van der Waals surface area contributed by atoms with Gasteiger partial charge in [0.15, 0.2) is 0 Å². The van der Waals surface area contributed by atoms with Crippen molar-refractivity contribution in [2.45, 2.75) is 13.8 Å². The molecular weight excluding hydrogens is 314 g/mol. The van der Waals surface area contributed by atoms with Crippen LogP contribution in [0.3, 0.4) is 0 Å². The minimum Gasteiger partial charge on any atom is -0.495 e. The summed E-state index contributed by atoms with van der Waals surface area (Å²) in [6, 6.07) is 5.16. The Hall–Kier alpha value is -1.82. The number of carboxylic acid groups (broad SMARTS) is 1. The molecule has 1 aromatic carbocycles. The maximum Gasteiger partial charge on any atom is 0.331 e. The third-order valence-electron chi connectivity index (χ3n) is 2.63. The second-order valence-electron chi connectivity index (χ2n) is 3.85. The number of carboxylic acids is 1. The monoisotopic (exact) mass is 327 g/mol. The van der Waals surface area contributed by atoms with Gasteiger partial charge in [0, 0.05) is 15.6 Å². The Balaban J connectivity index is 3.03. The summed E-state index contributed by atoms with van der Waals surface area (Å²) in [7, 11) is 1.49. The van der Waals surface area contributed by atoms with Crippen molar-refractivity contribution in [2.24, 2.45) is 0 Å². The van der Waals surface area contributed by atoms with Crippen LogP contribution >= 0.6 is 15.9 Å². The summed E-state index contributed by atoms with van der Waals surface area (Å²) < 4.78 is 5.90. The van der Waals surface area contributed by atoms with E-state index < -0.39 is 11.9 Å². The van der Waals surface area contributed by atoms with Crippen molar-refractivity contribution >= 4 is 33.5 Å². The van der Waals surface area contributed by atoms with E-state index in [1.807, 2.05) is 0 Å². The molecular formula is C13H14BrNO4. The Morgan fingerprint density at radius 3 is 2.42 bits per heavy atom. The van der Waals surface area contributed by atoms with Crippen molar-refractivity contribution in [1.82, 2.24) is 0 Å². The van der Waals surface area contributed by atoms with E-state index in [2.05, 4.69) is 21.2 Å². The van der Waals surface area contributed by atoms with Gasteiger partial charge in [-0.05, 0) is 32.0 Å². The molecule has 0 atom stereocenters. The number of hydrogen-bond acceptors (Lipinski definition) is 3. The normalized spacial score (nSPS) is 11.6. The van der Waals surface area contributed by atoms with E-state index in [0.29, 0.717) is 11.4 Å². The molecule has 0 radical (unpaired) electrons. The summed E-state index contributed by atoms with van der Waals surface area (Å²) in [5.41, 5.74) is 0.625. The lowest BCUT2D eigenvalue weighted by Gasteiger charge is -2.11. The van der Waals surface area contributed by atoms with E-state index >= 15 is 0 Å². The first-order valence-corrected chi connectivity index (χ1v) is 6.21. The number of rotatable bonds is 4. The van der Waals surface area contributed by atoms with Gasteiger partial charge in [0.2, 0.25) is 0 Å². The van der Waals surface area contributed by atoms with E-state index in [9.17, 15) is 9.59 Å². The fraction of sp³-hybridized carbons (Fsp3) is 0.231. The third kappa shape index (κ3) is 3.82. The number of methoxy groups -OCH3 is 1. The van der Waals surface area contributed by atoms with Gasteiger partial charge in [0.25, 0.3) is 5.91 Å². The summed E-state index contributed by atoms with van der Waals surface area (Å²) >= 11 is 3.29. The van der Waals surface area contributed by atoms with Gasteiger partial charge in [-0.1, -0.05) is 15.9 Å². The molecule has 1 amide bonds. The first-order chi connectivity index (χ1) is 8.86. The van der Waals surface area contributed by atoms with E-state index in [-0.39, 0.29) is 11.1 Å². The van der Waals surface area contributed by atoms with Crippen LogP contribution in [-0.4, -0.2) is 24.1 Å². The smallest absolute Gasteiger partial charge is 0.331 e. The first kappa shape index (κ1) is 15.2. The van der Waals surface area contributed by atoms with E-state index in [1.165, 1.54) is 21.0 Å². The van der Waals surface area contributed by atoms with Gasteiger partial charge >= 0.3 is 5.97 Å². The number of benzene rings is 1. The molecule has 1 aromatic rings. The van der Waals surface area contributed by atoms with Crippen LogP contribution in [0, 0.1) is 0 Å². The molecule has 0 saturated carbocycles. The molecule has 0 aromatic heterocycles. The molecule has 5 nitrogen and oxygen atoms in total. The maximum atomic E-state index is 11.9. The van der Waals surface area contributed by atoms with Gasteiger partial charge in [-0.25, -0.2) is 4.79 Å². The minimum atomic E-state index is -1.12. The Bertz CT molecular complexity index is 552. The molecule has 0 spiro atoms. The maximum absolute atomic E-state index is 11.9. The third-order valence-corrected chi connectivity index (χ3v) is 3.13. The average molecular weight is 328 g/mol. The van der Waals surface area contributed by atoms with Crippen LogP contribution in [0.2, 0.25) is 0 Å². The number of halogens is 1. The Morgan fingerprint density at radius 2 is 1.89 bits per heavy atom. The highest BCUT2D eigenvalue weighted by Gasteiger charge is 2.14.